The number of ether oxygens (including phenoxy) is 2. The van der Waals surface area contributed by atoms with Crippen LogP contribution in [0.25, 0.3) is 11.3 Å². The first-order valence-electron chi connectivity index (χ1n) is 8.18. The lowest BCUT2D eigenvalue weighted by Crippen LogP contribution is -2.29. The topological polar surface area (TPSA) is 73.6 Å². The van der Waals surface area contributed by atoms with Crippen LogP contribution >= 0.6 is 0 Å². The zero-order valence-electron chi connectivity index (χ0n) is 14.6. The maximum atomic E-state index is 12.4. The molecule has 0 fully saturated rings. The van der Waals surface area contributed by atoms with Gasteiger partial charge in [0, 0.05) is 25.3 Å². The van der Waals surface area contributed by atoms with E-state index >= 15 is 0 Å². The second-order valence-electron chi connectivity index (χ2n) is 5.65. The van der Waals surface area contributed by atoms with Gasteiger partial charge in [-0.2, -0.15) is 0 Å². The summed E-state index contributed by atoms with van der Waals surface area (Å²) < 4.78 is 16.0. The molecule has 6 nitrogen and oxygen atoms in total. The van der Waals surface area contributed by atoms with E-state index in [2.05, 4.69) is 10.5 Å². The molecular weight excluding hydrogens is 332 g/mol. The third kappa shape index (κ3) is 4.10. The van der Waals surface area contributed by atoms with Crippen molar-refractivity contribution in [2.75, 3.05) is 20.8 Å². The van der Waals surface area contributed by atoms with Gasteiger partial charge < -0.3 is 19.3 Å². The SMILES string of the molecule is COc1cccc([C@@H](CNC(=O)c2cc(-c3ccccc3)on2)OC)c1. The average molecular weight is 352 g/mol. The minimum atomic E-state index is -0.319. The number of carbonyl (C=O) groups is 1. The highest BCUT2D eigenvalue weighted by Crippen LogP contribution is 2.22. The summed E-state index contributed by atoms with van der Waals surface area (Å²) >= 11 is 0. The molecule has 0 saturated heterocycles. The number of hydrogen-bond donors (Lipinski definition) is 1. The summed E-state index contributed by atoms with van der Waals surface area (Å²) in [6, 6.07) is 18.7. The van der Waals surface area contributed by atoms with E-state index in [1.54, 1.807) is 20.3 Å². The molecule has 26 heavy (non-hydrogen) atoms. The lowest BCUT2D eigenvalue weighted by atomic mass is 10.1. The Balaban J connectivity index is 1.65. The fourth-order valence-corrected chi connectivity index (χ4v) is 2.58. The fraction of sp³-hybridized carbons (Fsp3) is 0.200. The molecule has 0 spiro atoms. The molecule has 0 aliphatic heterocycles. The summed E-state index contributed by atoms with van der Waals surface area (Å²) in [6.07, 6.45) is -0.297. The molecule has 0 radical (unpaired) electrons. The molecule has 134 valence electrons. The highest BCUT2D eigenvalue weighted by molar-refractivity contribution is 5.93. The van der Waals surface area contributed by atoms with Crippen molar-refractivity contribution in [1.82, 2.24) is 10.5 Å². The third-order valence-corrected chi connectivity index (χ3v) is 4.00. The Bertz CT molecular complexity index is 861. The molecule has 1 N–H and O–H groups in total. The number of methoxy groups -OCH3 is 2. The molecule has 3 aromatic rings. The van der Waals surface area contributed by atoms with Crippen LogP contribution < -0.4 is 10.1 Å². The van der Waals surface area contributed by atoms with Crippen LogP contribution in [-0.2, 0) is 4.74 Å². The molecule has 6 heteroatoms. The van der Waals surface area contributed by atoms with Gasteiger partial charge in [-0.1, -0.05) is 47.6 Å². The fourth-order valence-electron chi connectivity index (χ4n) is 2.58. The second-order valence-corrected chi connectivity index (χ2v) is 5.65. The maximum absolute atomic E-state index is 12.4. The van der Waals surface area contributed by atoms with Crippen LogP contribution in [0.1, 0.15) is 22.2 Å². The molecule has 1 aromatic heterocycles. The van der Waals surface area contributed by atoms with E-state index in [4.69, 9.17) is 14.0 Å². The van der Waals surface area contributed by atoms with Crippen molar-refractivity contribution in [1.29, 1.82) is 0 Å². The van der Waals surface area contributed by atoms with E-state index in [0.29, 0.717) is 12.3 Å². The Morgan fingerprint density at radius 3 is 2.65 bits per heavy atom. The Hall–Kier alpha value is -3.12. The van der Waals surface area contributed by atoms with Crippen molar-refractivity contribution in [2.45, 2.75) is 6.10 Å². The van der Waals surface area contributed by atoms with Crippen LogP contribution in [0.4, 0.5) is 0 Å². The molecule has 1 amide bonds. The van der Waals surface area contributed by atoms with Crippen molar-refractivity contribution in [3.05, 3.63) is 71.9 Å². The van der Waals surface area contributed by atoms with Crippen molar-refractivity contribution >= 4 is 5.91 Å². The number of hydrogen-bond acceptors (Lipinski definition) is 5. The molecule has 1 atom stereocenters. The van der Waals surface area contributed by atoms with Gasteiger partial charge in [0.25, 0.3) is 5.91 Å². The molecule has 1 heterocycles. The highest BCUT2D eigenvalue weighted by atomic mass is 16.5. The summed E-state index contributed by atoms with van der Waals surface area (Å²) in [5, 5.41) is 6.67. The normalized spacial score (nSPS) is 11.8. The maximum Gasteiger partial charge on any atom is 0.273 e. The quantitative estimate of drug-likeness (QED) is 0.705. The van der Waals surface area contributed by atoms with Crippen LogP contribution in [0.2, 0.25) is 0 Å². The number of benzene rings is 2. The zero-order chi connectivity index (χ0) is 18.4. The van der Waals surface area contributed by atoms with Crippen molar-refractivity contribution in [2.24, 2.45) is 0 Å². The van der Waals surface area contributed by atoms with Crippen molar-refractivity contribution in [3.8, 4) is 17.1 Å². The number of aromatic nitrogens is 1. The van der Waals surface area contributed by atoms with Crippen LogP contribution in [0.5, 0.6) is 5.75 Å². The van der Waals surface area contributed by atoms with Crippen molar-refractivity contribution < 1.29 is 18.8 Å². The molecule has 0 saturated carbocycles. The monoisotopic (exact) mass is 352 g/mol. The third-order valence-electron chi connectivity index (χ3n) is 4.00. The number of amides is 1. The summed E-state index contributed by atoms with van der Waals surface area (Å²) in [4.78, 5) is 12.4. The Kier molecular flexibility index (Phi) is 5.66. The highest BCUT2D eigenvalue weighted by Gasteiger charge is 2.17. The van der Waals surface area contributed by atoms with Crippen molar-refractivity contribution in [3.63, 3.8) is 0 Å². The Labute approximate surface area is 151 Å². The van der Waals surface area contributed by atoms with Crippen LogP contribution in [0, 0.1) is 0 Å². The lowest BCUT2D eigenvalue weighted by molar-refractivity contribution is 0.0820. The van der Waals surface area contributed by atoms with Gasteiger partial charge in [0.1, 0.15) is 5.75 Å². The summed E-state index contributed by atoms with van der Waals surface area (Å²) in [5.41, 5.74) is 2.01. The predicted octanol–water partition coefficient (Wildman–Crippen LogP) is 3.47. The van der Waals surface area contributed by atoms with Gasteiger partial charge in [-0.25, -0.2) is 0 Å². The Morgan fingerprint density at radius 1 is 1.12 bits per heavy atom. The number of rotatable bonds is 7. The summed E-state index contributed by atoms with van der Waals surface area (Å²) in [7, 11) is 3.21. The number of nitrogens with one attached hydrogen (secondary N) is 1. The van der Waals surface area contributed by atoms with E-state index in [1.807, 2.05) is 54.6 Å². The second kappa shape index (κ2) is 8.31. The molecule has 0 aliphatic carbocycles. The van der Waals surface area contributed by atoms with Gasteiger partial charge in [0.15, 0.2) is 11.5 Å². The first kappa shape index (κ1) is 17.7. The molecule has 2 aromatic carbocycles. The van der Waals surface area contributed by atoms with Gasteiger partial charge in [-0.3, -0.25) is 4.79 Å². The molecule has 0 bridgehead atoms. The van der Waals surface area contributed by atoms with Crippen LogP contribution in [0.15, 0.2) is 65.2 Å². The first-order valence-corrected chi connectivity index (χ1v) is 8.18. The number of nitrogens with zero attached hydrogens (tertiary/aromatic N) is 1. The van der Waals surface area contributed by atoms with Gasteiger partial charge in [-0.05, 0) is 17.7 Å². The van der Waals surface area contributed by atoms with Gasteiger partial charge in [0.2, 0.25) is 0 Å². The predicted molar refractivity (Wildman–Crippen MR) is 97.0 cm³/mol. The van der Waals surface area contributed by atoms with Crippen LogP contribution in [-0.4, -0.2) is 31.8 Å². The van der Waals surface area contributed by atoms with E-state index in [9.17, 15) is 4.79 Å². The van der Waals surface area contributed by atoms with Gasteiger partial charge >= 0.3 is 0 Å². The molecular formula is C20H20N2O4. The molecule has 0 unspecified atom stereocenters. The van der Waals surface area contributed by atoms with E-state index < -0.39 is 0 Å². The lowest BCUT2D eigenvalue weighted by Gasteiger charge is -2.16. The molecule has 0 aliphatic rings. The number of carbonyl (C=O) groups excluding carboxylic acids is 1. The summed E-state index contributed by atoms with van der Waals surface area (Å²) in [5.74, 6) is 0.965. The first-order chi connectivity index (χ1) is 12.7. The van der Waals surface area contributed by atoms with E-state index in [0.717, 1.165) is 16.9 Å². The smallest absolute Gasteiger partial charge is 0.273 e. The molecule has 3 rings (SSSR count). The van der Waals surface area contributed by atoms with Crippen LogP contribution in [0.3, 0.4) is 0 Å². The van der Waals surface area contributed by atoms with E-state index in [-0.39, 0.29) is 17.7 Å². The standard InChI is InChI=1S/C20H20N2O4/c1-24-16-10-6-9-15(11-16)19(25-2)13-21-20(23)17-12-18(26-22-17)14-7-4-3-5-8-14/h3-12,19H,13H2,1-2H3,(H,21,23)/t19-/m1/s1. The zero-order valence-corrected chi connectivity index (χ0v) is 14.6. The van der Waals surface area contributed by atoms with Gasteiger partial charge in [-0.15, -0.1) is 0 Å². The summed E-state index contributed by atoms with van der Waals surface area (Å²) in [6.45, 7) is 0.302. The minimum Gasteiger partial charge on any atom is -0.497 e. The largest absolute Gasteiger partial charge is 0.497 e. The van der Waals surface area contributed by atoms with E-state index in [1.165, 1.54) is 0 Å². The Morgan fingerprint density at radius 2 is 1.92 bits per heavy atom. The average Bonchev–Trinajstić information content (AvgIpc) is 3.19. The minimum absolute atomic E-state index is 0.226. The van der Waals surface area contributed by atoms with Gasteiger partial charge in [0.05, 0.1) is 13.2 Å².